The number of benzene rings is 1. The zero-order chi connectivity index (χ0) is 8.43. The number of rotatable bonds is 1. The van der Waals surface area contributed by atoms with Crippen molar-refractivity contribution >= 4 is 18.3 Å². The third-order valence-electron chi connectivity index (χ3n) is 1.87. The number of nitrogens with two attached hydrogens (primary N) is 1. The summed E-state index contributed by atoms with van der Waals surface area (Å²) in [7, 11) is 0. The molecule has 1 amide bonds. The van der Waals surface area contributed by atoms with Gasteiger partial charge in [0.25, 0.3) is 0 Å². The van der Waals surface area contributed by atoms with Crippen molar-refractivity contribution in [3.8, 4) is 0 Å². The lowest BCUT2D eigenvalue weighted by Gasteiger charge is -2.03. The van der Waals surface area contributed by atoms with Gasteiger partial charge >= 0.3 is 0 Å². The lowest BCUT2D eigenvalue weighted by atomic mass is 10.0. The van der Waals surface area contributed by atoms with Gasteiger partial charge in [-0.1, -0.05) is 12.1 Å². The fourth-order valence-corrected chi connectivity index (χ4v) is 1.02. The molecule has 2 nitrogen and oxygen atoms in total. The van der Waals surface area contributed by atoms with Crippen LogP contribution >= 0.6 is 12.4 Å². The van der Waals surface area contributed by atoms with Crippen molar-refractivity contribution in [2.45, 2.75) is 13.8 Å². The van der Waals surface area contributed by atoms with Gasteiger partial charge in [0.05, 0.1) is 0 Å². The second-order valence-corrected chi connectivity index (χ2v) is 2.61. The molecule has 0 heterocycles. The molecule has 0 radical (unpaired) electrons. The Morgan fingerprint density at radius 3 is 2.33 bits per heavy atom. The minimum atomic E-state index is -0.355. The SMILES string of the molecule is Cc1cccc(C(N)=O)c1C.Cl. The average molecular weight is 186 g/mol. The maximum Gasteiger partial charge on any atom is 0.248 e. The molecule has 0 fully saturated rings. The van der Waals surface area contributed by atoms with Crippen molar-refractivity contribution in [1.82, 2.24) is 0 Å². The third kappa shape index (κ3) is 1.98. The molecule has 1 rings (SSSR count). The van der Waals surface area contributed by atoms with E-state index in [-0.39, 0.29) is 18.3 Å². The zero-order valence-corrected chi connectivity index (χ0v) is 7.94. The minimum Gasteiger partial charge on any atom is -0.366 e. The van der Waals surface area contributed by atoms with Crippen LogP contribution in [0.5, 0.6) is 0 Å². The van der Waals surface area contributed by atoms with Gasteiger partial charge in [-0.2, -0.15) is 0 Å². The molecule has 3 heteroatoms. The van der Waals surface area contributed by atoms with E-state index in [0.717, 1.165) is 11.1 Å². The van der Waals surface area contributed by atoms with Crippen LogP contribution in [0, 0.1) is 13.8 Å². The Bertz CT molecular complexity index is 297. The second-order valence-electron chi connectivity index (χ2n) is 2.61. The van der Waals surface area contributed by atoms with Gasteiger partial charge in [0.15, 0.2) is 0 Å². The quantitative estimate of drug-likeness (QED) is 0.713. The smallest absolute Gasteiger partial charge is 0.248 e. The predicted molar refractivity (Wildman–Crippen MR) is 51.7 cm³/mol. The van der Waals surface area contributed by atoms with E-state index in [9.17, 15) is 4.79 Å². The molecule has 0 aromatic heterocycles. The standard InChI is InChI=1S/C9H11NO.ClH/c1-6-4-3-5-8(7(6)2)9(10)11;/h3-5H,1-2H3,(H2,10,11);1H. The molecule has 0 aliphatic carbocycles. The normalized spacial score (nSPS) is 8.83. The molecule has 2 N–H and O–H groups in total. The van der Waals surface area contributed by atoms with E-state index < -0.39 is 0 Å². The molecule has 0 saturated carbocycles. The summed E-state index contributed by atoms with van der Waals surface area (Å²) in [6.07, 6.45) is 0. The van der Waals surface area contributed by atoms with Crippen molar-refractivity contribution in [3.63, 3.8) is 0 Å². The van der Waals surface area contributed by atoms with Gasteiger partial charge in [0, 0.05) is 5.56 Å². The Balaban J connectivity index is 0.00000121. The van der Waals surface area contributed by atoms with Crippen LogP contribution in [-0.2, 0) is 0 Å². The van der Waals surface area contributed by atoms with Crippen molar-refractivity contribution in [2.75, 3.05) is 0 Å². The highest BCUT2D eigenvalue weighted by Gasteiger charge is 2.04. The van der Waals surface area contributed by atoms with Crippen molar-refractivity contribution < 1.29 is 4.79 Å². The summed E-state index contributed by atoms with van der Waals surface area (Å²) in [5.41, 5.74) is 7.83. The number of halogens is 1. The molecular weight excluding hydrogens is 174 g/mol. The van der Waals surface area contributed by atoms with Gasteiger partial charge < -0.3 is 5.73 Å². The molecule has 0 unspecified atom stereocenters. The van der Waals surface area contributed by atoms with Crippen molar-refractivity contribution in [2.24, 2.45) is 5.73 Å². The van der Waals surface area contributed by atoms with Gasteiger partial charge in [-0.3, -0.25) is 4.79 Å². The molecule has 0 spiro atoms. The number of amides is 1. The second kappa shape index (κ2) is 4.12. The van der Waals surface area contributed by atoms with Crippen LogP contribution < -0.4 is 5.73 Å². The summed E-state index contributed by atoms with van der Waals surface area (Å²) in [5.74, 6) is -0.355. The maximum atomic E-state index is 10.8. The monoisotopic (exact) mass is 185 g/mol. The third-order valence-corrected chi connectivity index (χ3v) is 1.87. The van der Waals surface area contributed by atoms with Gasteiger partial charge in [-0.15, -0.1) is 12.4 Å². The molecule has 0 bridgehead atoms. The molecule has 12 heavy (non-hydrogen) atoms. The summed E-state index contributed by atoms with van der Waals surface area (Å²) in [6, 6.07) is 5.54. The molecule has 0 atom stereocenters. The Morgan fingerprint density at radius 1 is 1.33 bits per heavy atom. The maximum absolute atomic E-state index is 10.8. The summed E-state index contributed by atoms with van der Waals surface area (Å²) in [5, 5.41) is 0. The van der Waals surface area contributed by atoms with E-state index in [0.29, 0.717) is 5.56 Å². The number of carbonyl (C=O) groups excluding carboxylic acids is 1. The Labute approximate surface area is 78.2 Å². The van der Waals surface area contributed by atoms with Crippen LogP contribution in [0.3, 0.4) is 0 Å². The minimum absolute atomic E-state index is 0. The van der Waals surface area contributed by atoms with Gasteiger partial charge in [-0.25, -0.2) is 0 Å². The molecule has 0 aliphatic rings. The van der Waals surface area contributed by atoms with Crippen LogP contribution in [0.15, 0.2) is 18.2 Å². The Kier molecular flexibility index (Phi) is 3.77. The van der Waals surface area contributed by atoms with Crippen LogP contribution in [0.2, 0.25) is 0 Å². The first-order valence-electron chi connectivity index (χ1n) is 3.49. The van der Waals surface area contributed by atoms with Crippen LogP contribution in [0.1, 0.15) is 21.5 Å². The largest absolute Gasteiger partial charge is 0.366 e. The Hall–Kier alpha value is -1.02. The first-order valence-corrected chi connectivity index (χ1v) is 3.49. The van der Waals surface area contributed by atoms with E-state index in [2.05, 4.69) is 0 Å². The number of hydrogen-bond donors (Lipinski definition) is 1. The molecular formula is C9H12ClNO. The molecule has 1 aromatic rings. The number of aryl methyl sites for hydroxylation is 1. The van der Waals surface area contributed by atoms with Gasteiger partial charge in [0.2, 0.25) is 5.91 Å². The average Bonchev–Trinajstić information content (AvgIpc) is 1.94. The van der Waals surface area contributed by atoms with Crippen molar-refractivity contribution in [3.05, 3.63) is 34.9 Å². The van der Waals surface area contributed by atoms with E-state index in [1.54, 1.807) is 6.07 Å². The zero-order valence-electron chi connectivity index (χ0n) is 7.13. The van der Waals surface area contributed by atoms with E-state index >= 15 is 0 Å². The number of hydrogen-bond acceptors (Lipinski definition) is 1. The summed E-state index contributed by atoms with van der Waals surface area (Å²) in [4.78, 5) is 10.8. The van der Waals surface area contributed by atoms with Crippen molar-refractivity contribution in [1.29, 1.82) is 0 Å². The lowest BCUT2D eigenvalue weighted by Crippen LogP contribution is -2.12. The molecule has 1 aromatic carbocycles. The first-order chi connectivity index (χ1) is 5.13. The summed E-state index contributed by atoms with van der Waals surface area (Å²) >= 11 is 0. The fourth-order valence-electron chi connectivity index (χ4n) is 1.02. The van der Waals surface area contributed by atoms with Gasteiger partial charge in [0.1, 0.15) is 0 Å². The molecule has 66 valence electrons. The van der Waals surface area contributed by atoms with Crippen LogP contribution in [0.25, 0.3) is 0 Å². The van der Waals surface area contributed by atoms with Crippen LogP contribution in [-0.4, -0.2) is 5.91 Å². The van der Waals surface area contributed by atoms with E-state index in [1.807, 2.05) is 26.0 Å². The summed E-state index contributed by atoms with van der Waals surface area (Å²) < 4.78 is 0. The summed E-state index contributed by atoms with van der Waals surface area (Å²) in [6.45, 7) is 3.86. The number of carbonyl (C=O) groups is 1. The molecule has 0 aliphatic heterocycles. The van der Waals surface area contributed by atoms with E-state index in [1.165, 1.54) is 0 Å². The van der Waals surface area contributed by atoms with Crippen LogP contribution in [0.4, 0.5) is 0 Å². The topological polar surface area (TPSA) is 43.1 Å². The lowest BCUT2D eigenvalue weighted by molar-refractivity contribution is 0.0999. The van der Waals surface area contributed by atoms with Gasteiger partial charge in [-0.05, 0) is 31.0 Å². The highest BCUT2D eigenvalue weighted by atomic mass is 35.5. The fraction of sp³-hybridized carbons (Fsp3) is 0.222. The first kappa shape index (κ1) is 11.0. The predicted octanol–water partition coefficient (Wildman–Crippen LogP) is 1.82. The number of primary amides is 1. The highest BCUT2D eigenvalue weighted by Crippen LogP contribution is 2.11. The molecule has 0 saturated heterocycles. The Morgan fingerprint density at radius 2 is 1.92 bits per heavy atom. The highest BCUT2D eigenvalue weighted by molar-refractivity contribution is 5.94. The van der Waals surface area contributed by atoms with E-state index in [4.69, 9.17) is 5.73 Å².